The molecular formula is C27H28N6O6. The second kappa shape index (κ2) is 10.6. The number of imide groups is 1. The first-order chi connectivity index (χ1) is 18.7. The summed E-state index contributed by atoms with van der Waals surface area (Å²) in [5.41, 5.74) is 5.63. The fourth-order valence-corrected chi connectivity index (χ4v) is 5.29. The van der Waals surface area contributed by atoms with E-state index < -0.39 is 11.1 Å². The number of nitrogens with one attached hydrogen (secondary N) is 1. The van der Waals surface area contributed by atoms with Gasteiger partial charge in [0.1, 0.15) is 6.54 Å². The SMILES string of the molecule is CC1CC(=O)NN=C1c1ccc(N2CCN(C(=O)CCCN3C(=O)c4ccccc4C3=O)C([N+](=O)[O-])C2)cc1. The van der Waals surface area contributed by atoms with E-state index in [-0.39, 0.29) is 62.0 Å². The Labute approximate surface area is 224 Å². The topological polar surface area (TPSA) is 146 Å². The minimum Gasteiger partial charge on any atom is -0.361 e. The third-order valence-corrected chi connectivity index (χ3v) is 7.36. The van der Waals surface area contributed by atoms with E-state index in [1.807, 2.05) is 36.1 Å². The molecule has 2 unspecified atom stereocenters. The summed E-state index contributed by atoms with van der Waals surface area (Å²) in [6, 6.07) is 14.0. The van der Waals surface area contributed by atoms with Crippen LogP contribution in [0.4, 0.5) is 5.69 Å². The van der Waals surface area contributed by atoms with Gasteiger partial charge in [-0.1, -0.05) is 31.2 Å². The molecule has 12 nitrogen and oxygen atoms in total. The zero-order valence-electron chi connectivity index (χ0n) is 21.4. The summed E-state index contributed by atoms with van der Waals surface area (Å²) in [5, 5.41) is 16.1. The van der Waals surface area contributed by atoms with Gasteiger partial charge in [0.05, 0.1) is 16.8 Å². The first kappa shape index (κ1) is 26.0. The van der Waals surface area contributed by atoms with Gasteiger partial charge in [0, 0.05) is 49.0 Å². The number of carbonyl (C=O) groups is 4. The number of amides is 4. The number of nitro groups is 1. The smallest absolute Gasteiger partial charge is 0.306 e. The van der Waals surface area contributed by atoms with Crippen LogP contribution in [0.5, 0.6) is 0 Å². The number of hydrogen-bond donors (Lipinski definition) is 1. The number of nitrogens with zero attached hydrogens (tertiary/aromatic N) is 5. The van der Waals surface area contributed by atoms with Crippen LogP contribution < -0.4 is 10.3 Å². The Kier molecular flexibility index (Phi) is 7.09. The van der Waals surface area contributed by atoms with Crippen molar-refractivity contribution in [3.05, 3.63) is 75.3 Å². The lowest BCUT2D eigenvalue weighted by molar-refractivity contribution is -0.544. The Bertz CT molecular complexity index is 1340. The van der Waals surface area contributed by atoms with Crippen molar-refractivity contribution in [1.29, 1.82) is 0 Å². The Hall–Kier alpha value is -4.61. The van der Waals surface area contributed by atoms with Crippen molar-refractivity contribution in [2.24, 2.45) is 11.0 Å². The monoisotopic (exact) mass is 532 g/mol. The number of rotatable bonds is 7. The van der Waals surface area contributed by atoms with Gasteiger partial charge in [-0.15, -0.1) is 0 Å². The molecule has 1 saturated heterocycles. The number of fused-ring (bicyclic) bond motifs is 1. The Balaban J connectivity index is 1.18. The summed E-state index contributed by atoms with van der Waals surface area (Å²) < 4.78 is 0. The van der Waals surface area contributed by atoms with Crippen molar-refractivity contribution in [2.75, 3.05) is 31.1 Å². The Morgan fingerprint density at radius 2 is 1.72 bits per heavy atom. The number of benzene rings is 2. The normalized spacial score (nSPS) is 21.0. The summed E-state index contributed by atoms with van der Waals surface area (Å²) >= 11 is 0. The van der Waals surface area contributed by atoms with E-state index in [1.165, 1.54) is 4.90 Å². The van der Waals surface area contributed by atoms with E-state index in [1.54, 1.807) is 24.3 Å². The third-order valence-electron chi connectivity index (χ3n) is 7.36. The molecule has 39 heavy (non-hydrogen) atoms. The molecule has 3 heterocycles. The van der Waals surface area contributed by atoms with Crippen LogP contribution in [0.15, 0.2) is 53.6 Å². The minimum absolute atomic E-state index is 0.0106. The molecule has 2 aromatic rings. The summed E-state index contributed by atoms with van der Waals surface area (Å²) in [4.78, 5) is 65.2. The number of carbonyl (C=O) groups excluding carboxylic acids is 4. The molecule has 0 aliphatic carbocycles. The predicted octanol–water partition coefficient (Wildman–Crippen LogP) is 1.87. The van der Waals surface area contributed by atoms with E-state index in [2.05, 4.69) is 10.5 Å². The van der Waals surface area contributed by atoms with Crippen LogP contribution in [0, 0.1) is 16.0 Å². The number of hydrogen-bond acceptors (Lipinski definition) is 8. The van der Waals surface area contributed by atoms with E-state index in [9.17, 15) is 29.3 Å². The highest BCUT2D eigenvalue weighted by Gasteiger charge is 2.39. The van der Waals surface area contributed by atoms with Crippen molar-refractivity contribution < 1.29 is 24.1 Å². The first-order valence-electron chi connectivity index (χ1n) is 12.8. The molecule has 202 valence electrons. The predicted molar refractivity (Wildman–Crippen MR) is 141 cm³/mol. The zero-order chi connectivity index (χ0) is 27.7. The van der Waals surface area contributed by atoms with Crippen LogP contribution in [-0.4, -0.2) is 76.4 Å². The van der Waals surface area contributed by atoms with Gasteiger partial charge in [0.15, 0.2) is 0 Å². The lowest BCUT2D eigenvalue weighted by Gasteiger charge is -2.37. The van der Waals surface area contributed by atoms with E-state index in [0.717, 1.165) is 21.9 Å². The van der Waals surface area contributed by atoms with Crippen LogP contribution in [0.2, 0.25) is 0 Å². The summed E-state index contributed by atoms with van der Waals surface area (Å²) in [7, 11) is 0. The van der Waals surface area contributed by atoms with Crippen molar-refractivity contribution in [3.63, 3.8) is 0 Å². The van der Waals surface area contributed by atoms with Crippen LogP contribution in [0.1, 0.15) is 52.5 Å². The second-order valence-corrected chi connectivity index (χ2v) is 9.89. The maximum Gasteiger partial charge on any atom is 0.306 e. The van der Waals surface area contributed by atoms with Gasteiger partial charge in [0.2, 0.25) is 11.8 Å². The molecule has 5 rings (SSSR count). The maximum atomic E-state index is 13.0. The maximum absolute atomic E-state index is 13.0. The van der Waals surface area contributed by atoms with Gasteiger partial charge < -0.3 is 4.90 Å². The van der Waals surface area contributed by atoms with Gasteiger partial charge in [-0.2, -0.15) is 5.10 Å². The van der Waals surface area contributed by atoms with Gasteiger partial charge in [0.25, 0.3) is 11.8 Å². The van der Waals surface area contributed by atoms with Gasteiger partial charge in [-0.05, 0) is 36.2 Å². The fraction of sp³-hybridized carbons (Fsp3) is 0.370. The lowest BCUT2D eigenvalue weighted by atomic mass is 9.94. The van der Waals surface area contributed by atoms with Crippen LogP contribution in [0.25, 0.3) is 0 Å². The molecule has 1 N–H and O–H groups in total. The number of piperazine rings is 1. The lowest BCUT2D eigenvalue weighted by Crippen LogP contribution is -2.58. The van der Waals surface area contributed by atoms with Crippen molar-refractivity contribution in [1.82, 2.24) is 15.2 Å². The van der Waals surface area contributed by atoms with Crippen LogP contribution >= 0.6 is 0 Å². The van der Waals surface area contributed by atoms with Crippen molar-refractivity contribution in [2.45, 2.75) is 32.4 Å². The minimum atomic E-state index is -1.22. The van der Waals surface area contributed by atoms with Crippen LogP contribution in [-0.2, 0) is 9.59 Å². The molecule has 2 atom stereocenters. The second-order valence-electron chi connectivity index (χ2n) is 9.89. The van der Waals surface area contributed by atoms with Crippen molar-refractivity contribution in [3.8, 4) is 0 Å². The molecule has 0 bridgehead atoms. The average molecular weight is 533 g/mol. The van der Waals surface area contributed by atoms with E-state index in [4.69, 9.17) is 0 Å². The standard InChI is InChI=1S/C27H28N6O6/c1-17-15-22(34)28-29-25(17)18-8-10-19(11-9-18)30-13-14-31(23(16-30)33(38)39)24(35)7-4-12-32-26(36)20-5-2-3-6-21(20)27(32)37/h2-3,5-6,8-11,17,23H,4,7,12-16H2,1H3,(H,28,34). The largest absolute Gasteiger partial charge is 0.361 e. The average Bonchev–Trinajstić information content (AvgIpc) is 3.18. The Morgan fingerprint density at radius 1 is 1.05 bits per heavy atom. The first-order valence-corrected chi connectivity index (χ1v) is 12.8. The zero-order valence-corrected chi connectivity index (χ0v) is 21.4. The quantitative estimate of drug-likeness (QED) is 0.325. The highest BCUT2D eigenvalue weighted by Crippen LogP contribution is 2.25. The molecule has 1 fully saturated rings. The molecule has 2 aromatic carbocycles. The third kappa shape index (κ3) is 5.09. The molecule has 0 radical (unpaired) electrons. The Morgan fingerprint density at radius 3 is 2.33 bits per heavy atom. The molecular weight excluding hydrogens is 504 g/mol. The molecule has 0 aromatic heterocycles. The van der Waals surface area contributed by atoms with Crippen LogP contribution in [0.3, 0.4) is 0 Å². The summed E-state index contributed by atoms with van der Waals surface area (Å²) in [6.07, 6.45) is -0.648. The molecule has 0 saturated carbocycles. The van der Waals surface area contributed by atoms with Gasteiger partial charge in [-0.25, -0.2) is 5.43 Å². The molecule has 4 amide bonds. The molecule has 12 heteroatoms. The number of anilines is 1. The molecule has 0 spiro atoms. The van der Waals surface area contributed by atoms with Crippen molar-refractivity contribution >= 4 is 35.0 Å². The van der Waals surface area contributed by atoms with E-state index >= 15 is 0 Å². The highest BCUT2D eigenvalue weighted by atomic mass is 16.6. The summed E-state index contributed by atoms with van der Waals surface area (Å²) in [5.74, 6) is -1.30. The summed E-state index contributed by atoms with van der Waals surface area (Å²) in [6.45, 7) is 2.63. The van der Waals surface area contributed by atoms with E-state index in [0.29, 0.717) is 24.1 Å². The number of hydrazone groups is 1. The highest BCUT2D eigenvalue weighted by molar-refractivity contribution is 6.21. The molecule has 3 aliphatic rings. The van der Waals surface area contributed by atoms with Gasteiger partial charge in [-0.3, -0.25) is 39.1 Å². The van der Waals surface area contributed by atoms with Gasteiger partial charge >= 0.3 is 6.17 Å². The fourth-order valence-electron chi connectivity index (χ4n) is 5.29. The molecule has 3 aliphatic heterocycles.